The lowest BCUT2D eigenvalue weighted by atomic mass is 10.0. The van der Waals surface area contributed by atoms with Crippen LogP contribution in [-0.2, 0) is 11.2 Å². The Labute approximate surface area is 109 Å². The molecule has 0 aromatic heterocycles. The predicted molar refractivity (Wildman–Crippen MR) is 54.1 cm³/mol. The minimum atomic E-state index is -5.29. The highest BCUT2D eigenvalue weighted by molar-refractivity contribution is 5.72. The number of rotatable bonds is 4. The summed E-state index contributed by atoms with van der Waals surface area (Å²) < 4.78 is 65.8. The number of aliphatic carboxylic acids is 1. The normalized spacial score (nSPS) is 11.2. The summed E-state index contributed by atoms with van der Waals surface area (Å²) in [6.45, 7) is 0. The Balaban J connectivity index is 3.51. The van der Waals surface area contributed by atoms with Crippen LogP contribution in [0.4, 0.5) is 22.0 Å². The number of carboxylic acids is 1. The maximum atomic E-state index is 12.8. The van der Waals surface area contributed by atoms with E-state index in [9.17, 15) is 26.7 Å². The molecule has 1 aromatic carbocycles. The standard InChI is InChI=1S/C11H6F5NO3/c12-10(13)8-6(4-17)2-1-5(3-7(18)19)9(8)20-11(14,15)16/h1-2,10H,3H2,(H,18,19). The zero-order valence-electron chi connectivity index (χ0n) is 9.54. The maximum Gasteiger partial charge on any atom is 0.573 e. The molecule has 0 saturated carbocycles. The first-order valence-electron chi connectivity index (χ1n) is 4.97. The second-order valence-electron chi connectivity index (χ2n) is 3.55. The van der Waals surface area contributed by atoms with Gasteiger partial charge in [-0.05, 0) is 6.07 Å². The minimum Gasteiger partial charge on any atom is -0.481 e. The molecule has 0 aliphatic carbocycles. The van der Waals surface area contributed by atoms with Gasteiger partial charge in [-0.2, -0.15) is 5.26 Å². The number of carbonyl (C=O) groups is 1. The average Bonchev–Trinajstić information content (AvgIpc) is 2.27. The molecule has 0 aliphatic heterocycles. The molecule has 0 amide bonds. The molecule has 0 radical (unpaired) electrons. The Morgan fingerprint density at radius 3 is 2.40 bits per heavy atom. The summed E-state index contributed by atoms with van der Waals surface area (Å²) in [5.41, 5.74) is -2.58. The van der Waals surface area contributed by atoms with Gasteiger partial charge in [-0.1, -0.05) is 6.07 Å². The van der Waals surface area contributed by atoms with Gasteiger partial charge in [-0.3, -0.25) is 4.79 Å². The molecule has 108 valence electrons. The summed E-state index contributed by atoms with van der Waals surface area (Å²) in [6.07, 6.45) is -9.65. The Hall–Kier alpha value is -2.37. The third-order valence-electron chi connectivity index (χ3n) is 2.18. The molecule has 0 heterocycles. The van der Waals surface area contributed by atoms with E-state index < -0.39 is 47.6 Å². The number of nitriles is 1. The van der Waals surface area contributed by atoms with Gasteiger partial charge in [0.15, 0.2) is 0 Å². The minimum absolute atomic E-state index is 0.593. The number of halogens is 5. The molecule has 1 rings (SSSR count). The Morgan fingerprint density at radius 1 is 1.40 bits per heavy atom. The van der Waals surface area contributed by atoms with Gasteiger partial charge < -0.3 is 9.84 Å². The summed E-state index contributed by atoms with van der Waals surface area (Å²) in [5, 5.41) is 17.2. The van der Waals surface area contributed by atoms with Crippen LogP contribution < -0.4 is 4.74 Å². The van der Waals surface area contributed by atoms with E-state index in [-0.39, 0.29) is 0 Å². The van der Waals surface area contributed by atoms with Gasteiger partial charge >= 0.3 is 12.3 Å². The van der Waals surface area contributed by atoms with Crippen LogP contribution in [0.1, 0.15) is 23.1 Å². The van der Waals surface area contributed by atoms with Gasteiger partial charge in [0.1, 0.15) is 5.75 Å². The smallest absolute Gasteiger partial charge is 0.481 e. The van der Waals surface area contributed by atoms with Gasteiger partial charge in [0.25, 0.3) is 6.43 Å². The summed E-state index contributed by atoms with van der Waals surface area (Å²) in [4.78, 5) is 10.5. The first-order chi connectivity index (χ1) is 9.15. The fourth-order valence-corrected chi connectivity index (χ4v) is 1.50. The number of hydrogen-bond donors (Lipinski definition) is 1. The van der Waals surface area contributed by atoms with E-state index in [2.05, 4.69) is 4.74 Å². The maximum absolute atomic E-state index is 12.8. The fourth-order valence-electron chi connectivity index (χ4n) is 1.50. The summed E-state index contributed by atoms with van der Waals surface area (Å²) in [5.74, 6) is -2.86. The molecule has 0 aliphatic rings. The molecule has 1 aromatic rings. The monoisotopic (exact) mass is 295 g/mol. The zero-order chi connectivity index (χ0) is 15.5. The molecule has 1 N–H and O–H groups in total. The third kappa shape index (κ3) is 3.81. The largest absolute Gasteiger partial charge is 0.573 e. The molecule has 0 fully saturated rings. The van der Waals surface area contributed by atoms with Gasteiger partial charge in [-0.25, -0.2) is 8.78 Å². The summed E-state index contributed by atoms with van der Waals surface area (Å²) in [7, 11) is 0. The molecule has 0 atom stereocenters. The first-order valence-corrected chi connectivity index (χ1v) is 4.97. The van der Waals surface area contributed by atoms with Crippen molar-refractivity contribution in [2.45, 2.75) is 19.2 Å². The van der Waals surface area contributed by atoms with E-state index in [1.807, 2.05) is 0 Å². The Morgan fingerprint density at radius 2 is 2.00 bits per heavy atom. The molecule has 9 heteroatoms. The number of hydrogen-bond acceptors (Lipinski definition) is 3. The molecule has 0 spiro atoms. The van der Waals surface area contributed by atoms with E-state index in [0.29, 0.717) is 0 Å². The van der Waals surface area contributed by atoms with Crippen molar-refractivity contribution in [3.05, 3.63) is 28.8 Å². The summed E-state index contributed by atoms with van der Waals surface area (Å²) >= 11 is 0. The van der Waals surface area contributed by atoms with Crippen molar-refractivity contribution in [1.29, 1.82) is 5.26 Å². The van der Waals surface area contributed by atoms with Gasteiger partial charge in [-0.15, -0.1) is 13.2 Å². The van der Waals surface area contributed by atoms with E-state index in [1.54, 1.807) is 0 Å². The molecular weight excluding hydrogens is 289 g/mol. The Kier molecular flexibility index (Phi) is 4.49. The number of ether oxygens (including phenoxy) is 1. The van der Waals surface area contributed by atoms with Crippen LogP contribution >= 0.6 is 0 Å². The molecule has 4 nitrogen and oxygen atoms in total. The van der Waals surface area contributed by atoms with E-state index in [4.69, 9.17) is 10.4 Å². The van der Waals surface area contributed by atoms with Crippen LogP contribution in [0.2, 0.25) is 0 Å². The van der Waals surface area contributed by atoms with E-state index in [1.165, 1.54) is 6.07 Å². The number of alkyl halides is 5. The SMILES string of the molecule is N#Cc1ccc(CC(=O)O)c(OC(F)(F)F)c1C(F)F. The number of nitrogens with zero attached hydrogens (tertiary/aromatic N) is 1. The molecule has 0 bridgehead atoms. The lowest BCUT2D eigenvalue weighted by molar-refractivity contribution is -0.275. The summed E-state index contributed by atoms with van der Waals surface area (Å²) in [6, 6.07) is 2.96. The second-order valence-corrected chi connectivity index (χ2v) is 3.55. The van der Waals surface area contributed by atoms with Crippen LogP contribution in [0.3, 0.4) is 0 Å². The van der Waals surface area contributed by atoms with Crippen LogP contribution in [0.15, 0.2) is 12.1 Å². The second kappa shape index (κ2) is 5.73. The van der Waals surface area contributed by atoms with Gasteiger partial charge in [0.2, 0.25) is 0 Å². The van der Waals surface area contributed by atoms with Crippen molar-refractivity contribution in [1.82, 2.24) is 0 Å². The van der Waals surface area contributed by atoms with Crippen molar-refractivity contribution in [2.24, 2.45) is 0 Å². The predicted octanol–water partition coefficient (Wildman–Crippen LogP) is 3.02. The van der Waals surface area contributed by atoms with Crippen molar-refractivity contribution >= 4 is 5.97 Å². The van der Waals surface area contributed by atoms with Crippen LogP contribution in [0.5, 0.6) is 5.75 Å². The lowest BCUT2D eigenvalue weighted by Crippen LogP contribution is -2.20. The Bertz CT molecular complexity index is 562. The highest BCUT2D eigenvalue weighted by atomic mass is 19.4. The van der Waals surface area contributed by atoms with Crippen LogP contribution in [-0.4, -0.2) is 17.4 Å². The number of carboxylic acid groups (broad SMARTS) is 1. The highest BCUT2D eigenvalue weighted by Gasteiger charge is 2.35. The van der Waals surface area contributed by atoms with Crippen LogP contribution in [0, 0.1) is 11.3 Å². The molecule has 0 saturated heterocycles. The van der Waals surface area contributed by atoms with Gasteiger partial charge in [0, 0.05) is 5.56 Å². The van der Waals surface area contributed by atoms with Crippen LogP contribution in [0.25, 0.3) is 0 Å². The van der Waals surface area contributed by atoms with E-state index >= 15 is 0 Å². The number of benzene rings is 1. The lowest BCUT2D eigenvalue weighted by Gasteiger charge is -2.17. The third-order valence-corrected chi connectivity index (χ3v) is 2.18. The van der Waals surface area contributed by atoms with Crippen molar-refractivity contribution < 1.29 is 36.6 Å². The fraction of sp³-hybridized carbons (Fsp3) is 0.273. The van der Waals surface area contributed by atoms with Crippen molar-refractivity contribution in [3.8, 4) is 11.8 Å². The molecule has 0 unspecified atom stereocenters. The van der Waals surface area contributed by atoms with Gasteiger partial charge in [0.05, 0.1) is 23.6 Å². The van der Waals surface area contributed by atoms with E-state index in [0.717, 1.165) is 12.1 Å². The first kappa shape index (κ1) is 15.7. The molecular formula is C11H6F5NO3. The van der Waals surface area contributed by atoms with Crippen molar-refractivity contribution in [3.63, 3.8) is 0 Å². The quantitative estimate of drug-likeness (QED) is 0.867. The zero-order valence-corrected chi connectivity index (χ0v) is 9.54. The molecule has 20 heavy (non-hydrogen) atoms. The highest BCUT2D eigenvalue weighted by Crippen LogP contribution is 2.38. The van der Waals surface area contributed by atoms with Crippen molar-refractivity contribution in [2.75, 3.05) is 0 Å². The average molecular weight is 295 g/mol. The topological polar surface area (TPSA) is 70.3 Å².